The largest absolute Gasteiger partial charge is 0.361 e. The number of halogens is 1. The van der Waals surface area contributed by atoms with Gasteiger partial charge in [0.15, 0.2) is 0 Å². The number of para-hydroxylation sites is 1. The predicted molar refractivity (Wildman–Crippen MR) is 149 cm³/mol. The Bertz CT molecular complexity index is 1720. The van der Waals surface area contributed by atoms with Crippen LogP contribution in [-0.4, -0.2) is 38.5 Å². The summed E-state index contributed by atoms with van der Waals surface area (Å²) in [5.41, 5.74) is 2.60. The minimum Gasteiger partial charge on any atom is -0.361 e. The van der Waals surface area contributed by atoms with Gasteiger partial charge in [-0.1, -0.05) is 42.5 Å². The van der Waals surface area contributed by atoms with Crippen molar-refractivity contribution in [3.63, 3.8) is 0 Å². The lowest BCUT2D eigenvalue weighted by atomic mass is 9.90. The number of likely N-dealkylation sites (tertiary alicyclic amines) is 1. The molecular weight excluding hydrogens is 479 g/mol. The zero-order valence-electron chi connectivity index (χ0n) is 21.3. The molecule has 5 aromatic rings. The van der Waals surface area contributed by atoms with Crippen molar-refractivity contribution in [2.45, 2.75) is 38.1 Å². The van der Waals surface area contributed by atoms with E-state index in [1.54, 1.807) is 42.6 Å². The van der Waals surface area contributed by atoms with Crippen LogP contribution in [0, 0.1) is 5.82 Å². The monoisotopic (exact) mass is 510 g/mol. The van der Waals surface area contributed by atoms with Gasteiger partial charge in [0.25, 0.3) is 5.56 Å². The molecule has 6 rings (SSSR count). The second-order valence-electron chi connectivity index (χ2n) is 10.2. The average molecular weight is 511 g/mol. The summed E-state index contributed by atoms with van der Waals surface area (Å²) in [7, 11) is 0. The molecule has 1 atom stereocenters. The van der Waals surface area contributed by atoms with Gasteiger partial charge >= 0.3 is 5.69 Å². The highest BCUT2D eigenvalue weighted by molar-refractivity contribution is 5.83. The molecule has 0 aliphatic carbocycles. The number of rotatable bonds is 7. The van der Waals surface area contributed by atoms with Crippen LogP contribution in [0.2, 0.25) is 0 Å². The van der Waals surface area contributed by atoms with E-state index in [9.17, 15) is 14.0 Å². The molecule has 7 heteroatoms. The summed E-state index contributed by atoms with van der Waals surface area (Å²) in [4.78, 5) is 32.6. The maximum absolute atomic E-state index is 14.7. The lowest BCUT2D eigenvalue weighted by Gasteiger charge is -2.32. The molecule has 4 heterocycles. The Morgan fingerprint density at radius 3 is 2.61 bits per heavy atom. The maximum atomic E-state index is 14.7. The van der Waals surface area contributed by atoms with Gasteiger partial charge in [0.2, 0.25) is 0 Å². The highest BCUT2D eigenvalue weighted by Gasteiger charge is 2.23. The molecule has 3 aromatic heterocycles. The number of hydrogen-bond donors (Lipinski definition) is 1. The summed E-state index contributed by atoms with van der Waals surface area (Å²) in [6.07, 6.45) is 7.70. The summed E-state index contributed by atoms with van der Waals surface area (Å²) in [6, 6.07) is 19.9. The first kappa shape index (κ1) is 24.4. The van der Waals surface area contributed by atoms with E-state index >= 15 is 0 Å². The molecular formula is C31H31FN4O2. The molecule has 0 saturated carbocycles. The molecule has 0 amide bonds. The number of nitrogens with one attached hydrogen (secondary N) is 1. The van der Waals surface area contributed by atoms with Gasteiger partial charge < -0.3 is 9.88 Å². The number of aromatic amines is 1. The van der Waals surface area contributed by atoms with E-state index in [0.29, 0.717) is 24.4 Å². The number of fused-ring (bicyclic) bond motifs is 2. The number of piperidine rings is 1. The van der Waals surface area contributed by atoms with Crippen LogP contribution in [-0.2, 0) is 6.54 Å². The zero-order chi connectivity index (χ0) is 26.1. The van der Waals surface area contributed by atoms with E-state index in [2.05, 4.69) is 40.3 Å². The Hall–Kier alpha value is -3.97. The van der Waals surface area contributed by atoms with E-state index < -0.39 is 11.4 Å². The second kappa shape index (κ2) is 10.4. The first-order valence-electron chi connectivity index (χ1n) is 13.4. The predicted octanol–water partition coefficient (Wildman–Crippen LogP) is 5.41. The van der Waals surface area contributed by atoms with Crippen LogP contribution in [0.25, 0.3) is 27.5 Å². The molecule has 38 heavy (non-hydrogen) atoms. The van der Waals surface area contributed by atoms with Crippen LogP contribution in [0.4, 0.5) is 4.39 Å². The summed E-state index contributed by atoms with van der Waals surface area (Å²) in [5.74, 6) is 0.0198. The highest BCUT2D eigenvalue weighted by Crippen LogP contribution is 2.32. The molecule has 194 valence electrons. The first-order chi connectivity index (χ1) is 18.6. The Morgan fingerprint density at radius 2 is 1.71 bits per heavy atom. The summed E-state index contributed by atoms with van der Waals surface area (Å²) >= 11 is 0. The van der Waals surface area contributed by atoms with Crippen molar-refractivity contribution in [3.8, 4) is 11.1 Å². The summed E-state index contributed by atoms with van der Waals surface area (Å²) in [6.45, 7) is 3.30. The third-order valence-electron chi connectivity index (χ3n) is 7.83. The summed E-state index contributed by atoms with van der Waals surface area (Å²) < 4.78 is 17.4. The van der Waals surface area contributed by atoms with Gasteiger partial charge in [0.05, 0.1) is 11.1 Å². The molecule has 0 spiro atoms. The maximum Gasteiger partial charge on any atom is 0.335 e. The number of nitrogens with zero attached hydrogens (tertiary/aromatic N) is 3. The molecule has 1 fully saturated rings. The van der Waals surface area contributed by atoms with Crippen LogP contribution in [0.3, 0.4) is 0 Å². The van der Waals surface area contributed by atoms with Gasteiger partial charge in [0.1, 0.15) is 5.82 Å². The minimum atomic E-state index is -0.476. The normalized spacial score (nSPS) is 16.4. The molecule has 1 N–H and O–H groups in total. The van der Waals surface area contributed by atoms with Gasteiger partial charge in [-0.2, -0.15) is 0 Å². The van der Waals surface area contributed by atoms with Crippen molar-refractivity contribution in [2.24, 2.45) is 0 Å². The van der Waals surface area contributed by atoms with Crippen LogP contribution in [0.1, 0.15) is 37.2 Å². The Kier molecular flexibility index (Phi) is 6.68. The Labute approximate surface area is 220 Å². The molecule has 0 bridgehead atoms. The molecule has 1 aliphatic heterocycles. The number of unbranched alkanes of at least 4 members (excludes halogenated alkanes) is 1. The van der Waals surface area contributed by atoms with Crippen LogP contribution in [0.15, 0.2) is 88.7 Å². The van der Waals surface area contributed by atoms with E-state index in [0.717, 1.165) is 32.5 Å². The Balaban J connectivity index is 1.18. The number of benzene rings is 2. The fourth-order valence-electron chi connectivity index (χ4n) is 5.94. The van der Waals surface area contributed by atoms with Crippen LogP contribution < -0.4 is 11.2 Å². The van der Waals surface area contributed by atoms with Crippen molar-refractivity contribution in [1.29, 1.82) is 0 Å². The van der Waals surface area contributed by atoms with Gasteiger partial charge in [-0.25, -0.2) is 9.18 Å². The van der Waals surface area contributed by atoms with Crippen molar-refractivity contribution >= 4 is 16.4 Å². The number of hydrogen-bond acceptors (Lipinski definition) is 3. The van der Waals surface area contributed by atoms with Gasteiger partial charge in [-0.3, -0.25) is 13.8 Å². The molecule has 6 nitrogen and oxygen atoms in total. The lowest BCUT2D eigenvalue weighted by Crippen LogP contribution is -2.39. The second-order valence-corrected chi connectivity index (χ2v) is 10.2. The number of H-pyrrole nitrogens is 1. The van der Waals surface area contributed by atoms with E-state index in [4.69, 9.17) is 0 Å². The van der Waals surface area contributed by atoms with Crippen molar-refractivity contribution in [2.75, 3.05) is 19.6 Å². The minimum absolute atomic E-state index is 0.214. The van der Waals surface area contributed by atoms with Crippen LogP contribution >= 0.6 is 0 Å². The zero-order valence-corrected chi connectivity index (χ0v) is 21.3. The Morgan fingerprint density at radius 1 is 0.921 bits per heavy atom. The van der Waals surface area contributed by atoms with Crippen molar-refractivity contribution in [3.05, 3.63) is 111 Å². The topological polar surface area (TPSA) is 62.5 Å². The van der Waals surface area contributed by atoms with E-state index in [1.807, 2.05) is 0 Å². The van der Waals surface area contributed by atoms with E-state index in [-0.39, 0.29) is 16.8 Å². The molecule has 1 unspecified atom stereocenters. The third-order valence-corrected chi connectivity index (χ3v) is 7.83. The van der Waals surface area contributed by atoms with Crippen molar-refractivity contribution < 1.29 is 4.39 Å². The molecule has 2 aromatic carbocycles. The fourth-order valence-corrected chi connectivity index (χ4v) is 5.94. The van der Waals surface area contributed by atoms with Gasteiger partial charge in [-0.15, -0.1) is 0 Å². The lowest BCUT2D eigenvalue weighted by molar-refractivity contribution is 0.204. The SMILES string of the molecule is O=c1c(-c2ccccc2F)c2ccccn2c(=O)n1CCCCN1CCCC(c2c[nH]c3ccccc23)C1. The molecule has 0 radical (unpaired) electrons. The third kappa shape index (κ3) is 4.47. The van der Waals surface area contributed by atoms with Crippen LogP contribution in [0.5, 0.6) is 0 Å². The smallest absolute Gasteiger partial charge is 0.335 e. The fraction of sp³-hybridized carbons (Fsp3) is 0.290. The standard InChI is InChI=1S/C31H31FN4O2/c32-26-13-3-1-12-24(26)29-28-15-5-6-18-35(28)31(38)36(30(29)37)19-8-7-16-34-17-9-10-22(21-34)25-20-33-27-14-4-2-11-23(25)27/h1-6,11-15,18,20,22,33H,7-10,16-17,19,21H2. The molecule has 1 aliphatic rings. The first-order valence-corrected chi connectivity index (χ1v) is 13.4. The number of aromatic nitrogens is 3. The van der Waals surface area contributed by atoms with Gasteiger partial charge in [-0.05, 0) is 74.5 Å². The van der Waals surface area contributed by atoms with Crippen molar-refractivity contribution in [1.82, 2.24) is 18.9 Å². The van der Waals surface area contributed by atoms with Gasteiger partial charge in [0, 0.05) is 41.9 Å². The average Bonchev–Trinajstić information content (AvgIpc) is 3.38. The quantitative estimate of drug-likeness (QED) is 0.298. The number of pyridine rings is 1. The summed E-state index contributed by atoms with van der Waals surface area (Å²) in [5, 5.41) is 1.31. The highest BCUT2D eigenvalue weighted by atomic mass is 19.1. The molecule has 1 saturated heterocycles. The van der Waals surface area contributed by atoms with E-state index in [1.165, 1.54) is 37.9 Å².